The van der Waals surface area contributed by atoms with Crippen molar-refractivity contribution in [1.29, 1.82) is 0 Å². The average molecular weight is 376 g/mol. The Kier molecular flexibility index (Phi) is 5.48. The summed E-state index contributed by atoms with van der Waals surface area (Å²) in [5.74, 6) is 7.96. The molecular weight excluding hydrogens is 352 g/mol. The highest BCUT2D eigenvalue weighted by Gasteiger charge is 2.30. The van der Waals surface area contributed by atoms with Gasteiger partial charge < -0.3 is 9.47 Å². The van der Waals surface area contributed by atoms with Crippen molar-refractivity contribution in [1.82, 2.24) is 4.98 Å². The SMILES string of the molecule is CC(C#Cc1ccc2c(c1)OCO2)C(=O)N(c1ccccn1)C1CCCCC1. The fourth-order valence-corrected chi connectivity index (χ4v) is 3.75. The predicted octanol–water partition coefficient (Wildman–Crippen LogP) is 4.16. The van der Waals surface area contributed by atoms with Crippen LogP contribution in [0.4, 0.5) is 5.82 Å². The molecule has 0 spiro atoms. The Morgan fingerprint density at radius 1 is 1.14 bits per heavy atom. The number of anilines is 1. The molecule has 1 aliphatic heterocycles. The van der Waals surface area contributed by atoms with Crippen LogP contribution in [-0.4, -0.2) is 23.7 Å². The number of amides is 1. The van der Waals surface area contributed by atoms with Gasteiger partial charge in [0.2, 0.25) is 12.7 Å². The molecule has 144 valence electrons. The normalized spacial score (nSPS) is 16.8. The van der Waals surface area contributed by atoms with Crippen molar-refractivity contribution in [2.45, 2.75) is 45.1 Å². The van der Waals surface area contributed by atoms with E-state index in [2.05, 4.69) is 16.8 Å². The van der Waals surface area contributed by atoms with E-state index in [1.54, 1.807) is 6.20 Å². The fraction of sp³-hybridized carbons (Fsp3) is 0.391. The van der Waals surface area contributed by atoms with Crippen molar-refractivity contribution in [3.63, 3.8) is 0 Å². The van der Waals surface area contributed by atoms with E-state index >= 15 is 0 Å². The minimum Gasteiger partial charge on any atom is -0.454 e. The van der Waals surface area contributed by atoms with Crippen molar-refractivity contribution >= 4 is 11.7 Å². The van der Waals surface area contributed by atoms with E-state index in [0.717, 1.165) is 42.8 Å². The summed E-state index contributed by atoms with van der Waals surface area (Å²) in [5.41, 5.74) is 0.811. The maximum absolute atomic E-state index is 13.3. The Bertz CT molecular complexity index is 895. The first kappa shape index (κ1) is 18.4. The number of ether oxygens (including phenoxy) is 2. The number of hydrogen-bond donors (Lipinski definition) is 0. The third-order valence-electron chi connectivity index (χ3n) is 5.25. The van der Waals surface area contributed by atoms with Gasteiger partial charge in [-0.25, -0.2) is 4.98 Å². The molecule has 0 N–H and O–H groups in total. The van der Waals surface area contributed by atoms with Crippen LogP contribution in [-0.2, 0) is 4.79 Å². The van der Waals surface area contributed by atoms with E-state index in [-0.39, 0.29) is 18.7 Å². The quantitative estimate of drug-likeness (QED) is 0.755. The number of carbonyl (C=O) groups excluding carboxylic acids is 1. The zero-order valence-corrected chi connectivity index (χ0v) is 16.1. The van der Waals surface area contributed by atoms with Crippen LogP contribution in [0.25, 0.3) is 0 Å². The monoisotopic (exact) mass is 376 g/mol. The smallest absolute Gasteiger partial charge is 0.243 e. The van der Waals surface area contributed by atoms with Gasteiger partial charge in [0.25, 0.3) is 0 Å². The van der Waals surface area contributed by atoms with Crippen LogP contribution in [0.2, 0.25) is 0 Å². The minimum atomic E-state index is -0.422. The van der Waals surface area contributed by atoms with E-state index in [9.17, 15) is 4.79 Å². The third kappa shape index (κ3) is 3.96. The number of hydrogen-bond acceptors (Lipinski definition) is 4. The largest absolute Gasteiger partial charge is 0.454 e. The number of aromatic nitrogens is 1. The molecule has 0 radical (unpaired) electrons. The van der Waals surface area contributed by atoms with Gasteiger partial charge in [0, 0.05) is 17.8 Å². The number of pyridine rings is 1. The minimum absolute atomic E-state index is 0.0128. The molecular formula is C23H24N2O3. The number of benzene rings is 1. The lowest BCUT2D eigenvalue weighted by atomic mass is 9.93. The predicted molar refractivity (Wildman–Crippen MR) is 107 cm³/mol. The highest BCUT2D eigenvalue weighted by molar-refractivity contribution is 5.96. The van der Waals surface area contributed by atoms with Gasteiger partial charge in [-0.2, -0.15) is 0 Å². The second kappa shape index (κ2) is 8.35. The van der Waals surface area contributed by atoms with Crippen LogP contribution in [0, 0.1) is 17.8 Å². The summed E-state index contributed by atoms with van der Waals surface area (Å²) in [6, 6.07) is 11.5. The summed E-state index contributed by atoms with van der Waals surface area (Å²) in [6.45, 7) is 2.10. The lowest BCUT2D eigenvalue weighted by molar-refractivity contribution is -0.121. The van der Waals surface area contributed by atoms with Crippen LogP contribution >= 0.6 is 0 Å². The summed E-state index contributed by atoms with van der Waals surface area (Å²) in [5, 5.41) is 0. The van der Waals surface area contributed by atoms with E-state index in [1.807, 2.05) is 48.2 Å². The second-order valence-corrected chi connectivity index (χ2v) is 7.25. The molecule has 1 aromatic heterocycles. The Morgan fingerprint density at radius 2 is 1.96 bits per heavy atom. The molecule has 2 aromatic rings. The maximum Gasteiger partial charge on any atom is 0.243 e. The maximum atomic E-state index is 13.3. The molecule has 2 aliphatic rings. The molecule has 5 nitrogen and oxygen atoms in total. The van der Waals surface area contributed by atoms with Gasteiger partial charge in [0.05, 0.1) is 5.92 Å². The Hall–Kier alpha value is -3.00. The van der Waals surface area contributed by atoms with E-state index < -0.39 is 5.92 Å². The number of fused-ring (bicyclic) bond motifs is 1. The molecule has 4 rings (SSSR count). The second-order valence-electron chi connectivity index (χ2n) is 7.25. The van der Waals surface area contributed by atoms with Crippen molar-refractivity contribution in [2.75, 3.05) is 11.7 Å². The van der Waals surface area contributed by atoms with E-state index in [0.29, 0.717) is 5.75 Å². The number of rotatable bonds is 3. The van der Waals surface area contributed by atoms with E-state index in [1.165, 1.54) is 6.42 Å². The first-order valence-electron chi connectivity index (χ1n) is 9.87. The molecule has 28 heavy (non-hydrogen) atoms. The molecule has 2 heterocycles. The van der Waals surface area contributed by atoms with Crippen LogP contribution in [0.5, 0.6) is 11.5 Å². The summed E-state index contributed by atoms with van der Waals surface area (Å²) in [7, 11) is 0. The van der Waals surface area contributed by atoms with Crippen molar-refractivity contribution in [3.05, 3.63) is 48.2 Å². The molecule has 5 heteroatoms. The molecule has 1 atom stereocenters. The van der Waals surface area contributed by atoms with Gasteiger partial charge in [0.1, 0.15) is 5.82 Å². The highest BCUT2D eigenvalue weighted by atomic mass is 16.7. The molecule has 1 saturated carbocycles. The van der Waals surface area contributed by atoms with Crippen LogP contribution < -0.4 is 14.4 Å². The molecule has 1 fully saturated rings. The van der Waals surface area contributed by atoms with Crippen LogP contribution in [0.15, 0.2) is 42.6 Å². The van der Waals surface area contributed by atoms with Crippen LogP contribution in [0.1, 0.15) is 44.6 Å². The molecule has 1 amide bonds. The van der Waals surface area contributed by atoms with Gasteiger partial charge in [-0.05, 0) is 50.1 Å². The van der Waals surface area contributed by atoms with Gasteiger partial charge >= 0.3 is 0 Å². The first-order chi connectivity index (χ1) is 13.7. The summed E-state index contributed by atoms with van der Waals surface area (Å²) < 4.78 is 10.7. The lowest BCUT2D eigenvalue weighted by Crippen LogP contribution is -2.44. The molecule has 0 saturated heterocycles. The van der Waals surface area contributed by atoms with Crippen molar-refractivity contribution in [2.24, 2.45) is 5.92 Å². The van der Waals surface area contributed by atoms with E-state index in [4.69, 9.17) is 9.47 Å². The Labute approximate surface area is 165 Å². The lowest BCUT2D eigenvalue weighted by Gasteiger charge is -2.34. The zero-order valence-electron chi connectivity index (χ0n) is 16.1. The van der Waals surface area contributed by atoms with Crippen LogP contribution in [0.3, 0.4) is 0 Å². The third-order valence-corrected chi connectivity index (χ3v) is 5.25. The molecule has 1 aromatic carbocycles. The van der Waals surface area contributed by atoms with Gasteiger partial charge in [-0.15, -0.1) is 0 Å². The number of carbonyl (C=O) groups is 1. The Morgan fingerprint density at radius 3 is 2.75 bits per heavy atom. The fourth-order valence-electron chi connectivity index (χ4n) is 3.75. The van der Waals surface area contributed by atoms with Gasteiger partial charge in [-0.1, -0.05) is 37.2 Å². The van der Waals surface area contributed by atoms with Crippen molar-refractivity contribution < 1.29 is 14.3 Å². The average Bonchev–Trinajstić information content (AvgIpc) is 3.21. The topological polar surface area (TPSA) is 51.7 Å². The molecule has 0 bridgehead atoms. The van der Waals surface area contributed by atoms with Gasteiger partial charge in [0.15, 0.2) is 11.5 Å². The first-order valence-corrected chi connectivity index (χ1v) is 9.87. The summed E-state index contributed by atoms with van der Waals surface area (Å²) >= 11 is 0. The number of nitrogens with zero attached hydrogens (tertiary/aromatic N) is 2. The summed E-state index contributed by atoms with van der Waals surface area (Å²) in [4.78, 5) is 19.6. The highest BCUT2D eigenvalue weighted by Crippen LogP contribution is 2.32. The summed E-state index contributed by atoms with van der Waals surface area (Å²) in [6.07, 6.45) is 7.31. The Balaban J connectivity index is 1.55. The standard InChI is InChI=1S/C23H24N2O3/c1-17(10-11-18-12-13-20-21(15-18)28-16-27-20)23(26)25(19-7-3-2-4-8-19)22-9-5-6-14-24-22/h5-6,9,12-15,17,19H,2-4,7-8,16H2,1H3. The van der Waals surface area contributed by atoms with Gasteiger partial charge in [-0.3, -0.25) is 9.69 Å². The molecule has 1 unspecified atom stereocenters. The molecule has 1 aliphatic carbocycles. The zero-order chi connectivity index (χ0) is 19.3. The van der Waals surface area contributed by atoms with Crippen molar-refractivity contribution in [3.8, 4) is 23.3 Å².